The Morgan fingerprint density at radius 1 is 1.24 bits per heavy atom. The van der Waals surface area contributed by atoms with Gasteiger partial charge in [0.15, 0.2) is 6.61 Å². The molecule has 0 saturated heterocycles. The number of nitrogens with zero attached hydrogens (tertiary/aromatic N) is 2. The van der Waals surface area contributed by atoms with Crippen LogP contribution >= 0.6 is 11.6 Å². The Hall–Kier alpha value is -1.55. The van der Waals surface area contributed by atoms with E-state index in [1.54, 1.807) is 0 Å². The van der Waals surface area contributed by atoms with Gasteiger partial charge in [0.1, 0.15) is 11.6 Å². The summed E-state index contributed by atoms with van der Waals surface area (Å²) in [5.74, 6) is 1.93. The third-order valence-electron chi connectivity index (χ3n) is 2.19. The average Bonchev–Trinajstić information content (AvgIpc) is 2.73. The molecule has 0 bridgehead atoms. The second kappa shape index (κ2) is 5.19. The lowest BCUT2D eigenvalue weighted by Crippen LogP contribution is -1.98. The van der Waals surface area contributed by atoms with Crippen LogP contribution in [-0.2, 0) is 12.5 Å². The summed E-state index contributed by atoms with van der Waals surface area (Å²) in [6, 6.07) is 6.03. The van der Waals surface area contributed by atoms with Crippen LogP contribution in [0.5, 0.6) is 5.75 Å². The van der Waals surface area contributed by atoms with E-state index in [1.807, 2.05) is 26.0 Å². The maximum atomic E-state index is 5.58. The van der Waals surface area contributed by atoms with Gasteiger partial charge in [0.05, 0.1) is 0 Å². The minimum absolute atomic E-state index is 0.219. The van der Waals surface area contributed by atoms with E-state index in [2.05, 4.69) is 16.2 Å². The number of rotatable bonds is 4. The van der Waals surface area contributed by atoms with Crippen LogP contribution < -0.4 is 4.74 Å². The molecule has 4 nitrogen and oxygen atoms in total. The Balaban J connectivity index is 2.01. The summed E-state index contributed by atoms with van der Waals surface area (Å²) in [5, 5.41) is 3.75. The zero-order valence-corrected chi connectivity index (χ0v) is 10.5. The first-order valence-corrected chi connectivity index (χ1v) is 5.79. The molecular formula is C12H13ClN2O2. The minimum Gasteiger partial charge on any atom is -0.485 e. The van der Waals surface area contributed by atoms with Gasteiger partial charge in [0.2, 0.25) is 11.7 Å². The number of ether oxygens (including phenoxy) is 1. The van der Waals surface area contributed by atoms with E-state index in [0.29, 0.717) is 11.7 Å². The molecule has 0 aliphatic heterocycles. The second-order valence-electron chi connectivity index (χ2n) is 3.85. The molecular weight excluding hydrogens is 240 g/mol. The molecule has 1 aromatic heterocycles. The van der Waals surface area contributed by atoms with Crippen molar-refractivity contribution < 1.29 is 9.26 Å². The van der Waals surface area contributed by atoms with E-state index in [4.69, 9.17) is 20.9 Å². The Kier molecular flexibility index (Phi) is 3.64. The second-order valence-corrected chi connectivity index (χ2v) is 4.12. The van der Waals surface area contributed by atoms with E-state index < -0.39 is 0 Å². The molecule has 0 unspecified atom stereocenters. The summed E-state index contributed by atoms with van der Waals surface area (Å²) >= 11 is 5.56. The molecule has 0 aliphatic rings. The van der Waals surface area contributed by atoms with E-state index in [9.17, 15) is 0 Å². The molecule has 5 heteroatoms. The summed E-state index contributed by atoms with van der Waals surface area (Å²) in [6.45, 7) is 4.34. The SMILES string of the molecule is Cc1cc(C)cc(OCc2noc(CCl)n2)c1. The van der Waals surface area contributed by atoms with Gasteiger partial charge in [-0.05, 0) is 37.1 Å². The van der Waals surface area contributed by atoms with Gasteiger partial charge in [-0.2, -0.15) is 4.98 Å². The maximum Gasteiger partial charge on any atom is 0.241 e. The van der Waals surface area contributed by atoms with Gasteiger partial charge in [-0.3, -0.25) is 0 Å². The van der Waals surface area contributed by atoms with Crippen molar-refractivity contribution in [2.75, 3.05) is 0 Å². The average molecular weight is 253 g/mol. The summed E-state index contributed by atoms with van der Waals surface area (Å²) < 4.78 is 10.5. The van der Waals surface area contributed by atoms with Crippen molar-refractivity contribution in [2.45, 2.75) is 26.3 Å². The molecule has 0 N–H and O–H groups in total. The monoisotopic (exact) mass is 252 g/mol. The Morgan fingerprint density at radius 3 is 2.53 bits per heavy atom. The fraction of sp³-hybridized carbons (Fsp3) is 0.333. The molecule has 0 atom stereocenters. The van der Waals surface area contributed by atoms with Crippen molar-refractivity contribution in [2.24, 2.45) is 0 Å². The predicted molar refractivity (Wildman–Crippen MR) is 64.1 cm³/mol. The van der Waals surface area contributed by atoms with E-state index >= 15 is 0 Å². The summed E-state index contributed by atoms with van der Waals surface area (Å²) in [7, 11) is 0. The lowest BCUT2D eigenvalue weighted by Gasteiger charge is -2.05. The Bertz CT molecular complexity index is 491. The molecule has 0 amide bonds. The van der Waals surface area contributed by atoms with Gasteiger partial charge in [-0.15, -0.1) is 11.6 Å². The molecule has 90 valence electrons. The zero-order valence-electron chi connectivity index (χ0n) is 9.74. The predicted octanol–water partition coefficient (Wildman–Crippen LogP) is 3.00. The number of aryl methyl sites for hydroxylation is 2. The molecule has 0 spiro atoms. The Labute approximate surface area is 105 Å². The van der Waals surface area contributed by atoms with Crippen molar-refractivity contribution in [3.63, 3.8) is 0 Å². The molecule has 0 radical (unpaired) electrons. The summed E-state index contributed by atoms with van der Waals surface area (Å²) in [4.78, 5) is 4.05. The summed E-state index contributed by atoms with van der Waals surface area (Å²) in [6.07, 6.45) is 0. The van der Waals surface area contributed by atoms with E-state index in [-0.39, 0.29) is 12.5 Å². The van der Waals surface area contributed by atoms with Gasteiger partial charge in [0, 0.05) is 0 Å². The first-order chi connectivity index (χ1) is 8.17. The van der Waals surface area contributed by atoms with Gasteiger partial charge in [-0.1, -0.05) is 11.2 Å². The molecule has 1 heterocycles. The van der Waals surface area contributed by atoms with Gasteiger partial charge < -0.3 is 9.26 Å². The maximum absolute atomic E-state index is 5.58. The van der Waals surface area contributed by atoms with Crippen LogP contribution in [-0.4, -0.2) is 10.1 Å². The van der Waals surface area contributed by atoms with Crippen LogP contribution in [0, 0.1) is 13.8 Å². The first-order valence-electron chi connectivity index (χ1n) is 5.26. The van der Waals surface area contributed by atoms with Gasteiger partial charge in [-0.25, -0.2) is 0 Å². The summed E-state index contributed by atoms with van der Waals surface area (Å²) in [5.41, 5.74) is 2.32. The van der Waals surface area contributed by atoms with Crippen molar-refractivity contribution >= 4 is 11.6 Å². The standard InChI is InChI=1S/C12H13ClN2O2/c1-8-3-9(2)5-10(4-8)16-7-11-14-12(6-13)17-15-11/h3-5H,6-7H2,1-2H3. The van der Waals surface area contributed by atoms with Crippen LogP contribution in [0.3, 0.4) is 0 Å². The van der Waals surface area contributed by atoms with Crippen molar-refractivity contribution in [1.29, 1.82) is 0 Å². The third-order valence-corrected chi connectivity index (χ3v) is 2.42. The molecule has 1 aromatic carbocycles. The van der Waals surface area contributed by atoms with Crippen molar-refractivity contribution in [3.05, 3.63) is 41.0 Å². The van der Waals surface area contributed by atoms with E-state index in [1.165, 1.54) is 0 Å². The molecule has 0 aliphatic carbocycles. The molecule has 0 saturated carbocycles. The van der Waals surface area contributed by atoms with Crippen LogP contribution in [0.1, 0.15) is 22.8 Å². The highest BCUT2D eigenvalue weighted by Crippen LogP contribution is 2.17. The van der Waals surface area contributed by atoms with Crippen LogP contribution in [0.4, 0.5) is 0 Å². The van der Waals surface area contributed by atoms with Gasteiger partial charge >= 0.3 is 0 Å². The normalized spacial score (nSPS) is 10.5. The number of aromatic nitrogens is 2. The number of benzene rings is 1. The molecule has 0 fully saturated rings. The van der Waals surface area contributed by atoms with Crippen LogP contribution in [0.2, 0.25) is 0 Å². The van der Waals surface area contributed by atoms with Crippen molar-refractivity contribution in [1.82, 2.24) is 10.1 Å². The number of hydrogen-bond acceptors (Lipinski definition) is 4. The minimum atomic E-state index is 0.219. The first kappa shape index (κ1) is 11.9. The highest BCUT2D eigenvalue weighted by molar-refractivity contribution is 6.16. The van der Waals surface area contributed by atoms with Crippen LogP contribution in [0.15, 0.2) is 22.7 Å². The van der Waals surface area contributed by atoms with Gasteiger partial charge in [0.25, 0.3) is 0 Å². The number of hydrogen-bond donors (Lipinski definition) is 0. The van der Waals surface area contributed by atoms with Crippen molar-refractivity contribution in [3.8, 4) is 5.75 Å². The lowest BCUT2D eigenvalue weighted by atomic mass is 10.1. The zero-order chi connectivity index (χ0) is 12.3. The molecule has 17 heavy (non-hydrogen) atoms. The Morgan fingerprint density at radius 2 is 1.94 bits per heavy atom. The third kappa shape index (κ3) is 3.20. The highest BCUT2D eigenvalue weighted by atomic mass is 35.5. The molecule has 2 aromatic rings. The fourth-order valence-corrected chi connectivity index (χ4v) is 1.68. The quantitative estimate of drug-likeness (QED) is 0.785. The van der Waals surface area contributed by atoms with Crippen LogP contribution in [0.25, 0.3) is 0 Å². The number of halogens is 1. The fourth-order valence-electron chi connectivity index (χ4n) is 1.57. The molecule has 2 rings (SSSR count). The largest absolute Gasteiger partial charge is 0.485 e. The lowest BCUT2D eigenvalue weighted by molar-refractivity contribution is 0.285. The smallest absolute Gasteiger partial charge is 0.241 e. The topological polar surface area (TPSA) is 48.2 Å². The highest BCUT2D eigenvalue weighted by Gasteiger charge is 2.06. The number of alkyl halides is 1. The van der Waals surface area contributed by atoms with E-state index in [0.717, 1.165) is 16.9 Å².